The average Bonchev–Trinajstić information content (AvgIpc) is 2.98. The summed E-state index contributed by atoms with van der Waals surface area (Å²) in [7, 11) is 0. The molecular weight excluding hydrogens is 250 g/mol. The first-order valence-electron chi connectivity index (χ1n) is 7.99. The number of ether oxygens (including phenoxy) is 2. The maximum atomic E-state index is 5.58. The predicted octanol–water partition coefficient (Wildman–Crippen LogP) is 3.86. The molecule has 2 aliphatic rings. The molecule has 1 N–H and O–H groups in total. The average molecular weight is 275 g/mol. The molecule has 0 radical (unpaired) electrons. The Kier molecular flexibility index (Phi) is 4.46. The largest absolute Gasteiger partial charge is 0.454 e. The lowest BCUT2D eigenvalue weighted by Crippen LogP contribution is -2.36. The lowest BCUT2D eigenvalue weighted by Gasteiger charge is -2.30. The first-order chi connectivity index (χ1) is 9.88. The van der Waals surface area contributed by atoms with Gasteiger partial charge in [0.1, 0.15) is 0 Å². The van der Waals surface area contributed by atoms with E-state index in [1.165, 1.54) is 44.1 Å². The van der Waals surface area contributed by atoms with Crippen LogP contribution in [0.2, 0.25) is 0 Å². The third kappa shape index (κ3) is 2.93. The quantitative estimate of drug-likeness (QED) is 0.885. The molecule has 1 saturated carbocycles. The van der Waals surface area contributed by atoms with E-state index in [4.69, 9.17) is 9.47 Å². The highest BCUT2D eigenvalue weighted by Gasteiger charge is 2.23. The van der Waals surface area contributed by atoms with Crippen LogP contribution in [0.3, 0.4) is 0 Å². The van der Waals surface area contributed by atoms with Crippen molar-refractivity contribution >= 4 is 0 Å². The molecule has 1 fully saturated rings. The fourth-order valence-electron chi connectivity index (χ4n) is 3.55. The highest BCUT2D eigenvalue weighted by Crippen LogP contribution is 2.35. The Bertz CT molecular complexity index is 441. The second kappa shape index (κ2) is 6.49. The van der Waals surface area contributed by atoms with E-state index in [9.17, 15) is 0 Å². The van der Waals surface area contributed by atoms with E-state index in [0.29, 0.717) is 12.8 Å². The van der Waals surface area contributed by atoms with Gasteiger partial charge in [-0.25, -0.2) is 0 Å². The van der Waals surface area contributed by atoms with Crippen LogP contribution >= 0.6 is 0 Å². The third-order valence-electron chi connectivity index (χ3n) is 4.69. The van der Waals surface area contributed by atoms with Gasteiger partial charge in [0.2, 0.25) is 6.79 Å². The van der Waals surface area contributed by atoms with E-state index in [2.05, 4.69) is 18.3 Å². The van der Waals surface area contributed by atoms with Crippen LogP contribution in [-0.2, 0) is 6.54 Å². The summed E-state index contributed by atoms with van der Waals surface area (Å²) < 4.78 is 11.0. The number of benzene rings is 1. The Hall–Kier alpha value is -1.22. The molecule has 0 saturated heterocycles. The van der Waals surface area contributed by atoms with Crippen molar-refractivity contribution in [1.29, 1.82) is 0 Å². The number of fused-ring (bicyclic) bond motifs is 1. The van der Waals surface area contributed by atoms with Crippen LogP contribution < -0.4 is 14.8 Å². The number of hydrogen-bond donors (Lipinski definition) is 1. The van der Waals surface area contributed by atoms with Crippen molar-refractivity contribution in [1.82, 2.24) is 5.32 Å². The minimum absolute atomic E-state index is 0.353. The minimum Gasteiger partial charge on any atom is -0.454 e. The van der Waals surface area contributed by atoms with Gasteiger partial charge >= 0.3 is 0 Å². The van der Waals surface area contributed by atoms with Gasteiger partial charge in [0.25, 0.3) is 0 Å². The number of rotatable bonds is 5. The molecule has 1 aromatic rings. The zero-order valence-corrected chi connectivity index (χ0v) is 12.4. The van der Waals surface area contributed by atoms with Crippen LogP contribution in [0, 0.1) is 5.92 Å². The zero-order chi connectivity index (χ0) is 13.8. The molecule has 0 bridgehead atoms. The van der Waals surface area contributed by atoms with Crippen molar-refractivity contribution in [2.24, 2.45) is 5.92 Å². The fraction of sp³-hybridized carbons (Fsp3) is 0.647. The molecule has 1 unspecified atom stereocenters. The van der Waals surface area contributed by atoms with Gasteiger partial charge in [-0.1, -0.05) is 38.3 Å². The molecule has 110 valence electrons. The molecule has 0 amide bonds. The molecule has 1 heterocycles. The topological polar surface area (TPSA) is 30.5 Å². The molecule has 3 nitrogen and oxygen atoms in total. The number of para-hydroxylation sites is 1. The molecule has 20 heavy (non-hydrogen) atoms. The predicted molar refractivity (Wildman–Crippen MR) is 80.1 cm³/mol. The van der Waals surface area contributed by atoms with Crippen molar-refractivity contribution in [3.05, 3.63) is 23.8 Å². The number of nitrogens with one attached hydrogen (secondary N) is 1. The monoisotopic (exact) mass is 275 g/mol. The fourth-order valence-corrected chi connectivity index (χ4v) is 3.55. The van der Waals surface area contributed by atoms with Gasteiger partial charge in [-0.3, -0.25) is 0 Å². The normalized spacial score (nSPS) is 20.1. The SMILES string of the molecule is CCC(NCc1cccc2c1OCO2)C1CCCCC1. The first-order valence-corrected chi connectivity index (χ1v) is 7.99. The van der Waals surface area contributed by atoms with Gasteiger partial charge in [-0.2, -0.15) is 0 Å². The van der Waals surface area contributed by atoms with E-state index in [1.54, 1.807) is 0 Å². The summed E-state index contributed by atoms with van der Waals surface area (Å²) in [5, 5.41) is 3.75. The molecule has 1 aliphatic carbocycles. The Morgan fingerprint density at radius 3 is 2.85 bits per heavy atom. The Balaban J connectivity index is 1.61. The van der Waals surface area contributed by atoms with Crippen LogP contribution in [0.1, 0.15) is 51.0 Å². The second-order valence-corrected chi connectivity index (χ2v) is 5.94. The lowest BCUT2D eigenvalue weighted by molar-refractivity contribution is 0.173. The van der Waals surface area contributed by atoms with Gasteiger partial charge in [0, 0.05) is 18.2 Å². The van der Waals surface area contributed by atoms with Crippen molar-refractivity contribution in [3.63, 3.8) is 0 Å². The van der Waals surface area contributed by atoms with E-state index in [-0.39, 0.29) is 0 Å². The van der Waals surface area contributed by atoms with Gasteiger partial charge < -0.3 is 14.8 Å². The highest BCUT2D eigenvalue weighted by atomic mass is 16.7. The summed E-state index contributed by atoms with van der Waals surface area (Å²) in [6.07, 6.45) is 8.21. The minimum atomic E-state index is 0.353. The summed E-state index contributed by atoms with van der Waals surface area (Å²) in [6.45, 7) is 3.52. The van der Waals surface area contributed by atoms with Gasteiger partial charge in [-0.05, 0) is 31.2 Å². The molecule has 0 spiro atoms. The van der Waals surface area contributed by atoms with E-state index in [0.717, 1.165) is 24.0 Å². The van der Waals surface area contributed by atoms with Crippen LogP contribution in [0.25, 0.3) is 0 Å². The third-order valence-corrected chi connectivity index (χ3v) is 4.69. The molecule has 3 rings (SSSR count). The van der Waals surface area contributed by atoms with Crippen LogP contribution in [-0.4, -0.2) is 12.8 Å². The lowest BCUT2D eigenvalue weighted by atomic mass is 9.83. The Morgan fingerprint density at radius 2 is 2.05 bits per heavy atom. The summed E-state index contributed by atoms with van der Waals surface area (Å²) in [6, 6.07) is 6.79. The van der Waals surface area contributed by atoms with Crippen molar-refractivity contribution < 1.29 is 9.47 Å². The molecule has 3 heteroatoms. The van der Waals surface area contributed by atoms with Gasteiger partial charge in [0.15, 0.2) is 11.5 Å². The van der Waals surface area contributed by atoms with Crippen LogP contribution in [0.15, 0.2) is 18.2 Å². The summed E-state index contributed by atoms with van der Waals surface area (Å²) in [5.74, 6) is 2.66. The van der Waals surface area contributed by atoms with E-state index < -0.39 is 0 Å². The second-order valence-electron chi connectivity index (χ2n) is 5.94. The van der Waals surface area contributed by atoms with E-state index >= 15 is 0 Å². The van der Waals surface area contributed by atoms with Crippen molar-refractivity contribution in [2.75, 3.05) is 6.79 Å². The maximum absolute atomic E-state index is 5.58. The zero-order valence-electron chi connectivity index (χ0n) is 12.4. The van der Waals surface area contributed by atoms with Crippen LogP contribution in [0.5, 0.6) is 11.5 Å². The number of hydrogen-bond acceptors (Lipinski definition) is 3. The Labute approximate surface area is 121 Å². The smallest absolute Gasteiger partial charge is 0.231 e. The molecule has 1 atom stereocenters. The first kappa shape index (κ1) is 13.7. The standard InChI is InChI=1S/C17H25NO2/c1-2-15(13-7-4-3-5-8-13)18-11-14-9-6-10-16-17(14)20-12-19-16/h6,9-10,13,15,18H,2-5,7-8,11-12H2,1H3. The molecule has 1 aliphatic heterocycles. The Morgan fingerprint density at radius 1 is 1.20 bits per heavy atom. The molecule has 1 aromatic carbocycles. The van der Waals surface area contributed by atoms with E-state index in [1.807, 2.05) is 12.1 Å². The summed E-state index contributed by atoms with van der Waals surface area (Å²) in [4.78, 5) is 0. The molecule has 0 aromatic heterocycles. The maximum Gasteiger partial charge on any atom is 0.231 e. The van der Waals surface area contributed by atoms with Crippen molar-refractivity contribution in [3.8, 4) is 11.5 Å². The van der Waals surface area contributed by atoms with Crippen LogP contribution in [0.4, 0.5) is 0 Å². The summed E-state index contributed by atoms with van der Waals surface area (Å²) >= 11 is 0. The molecular formula is C17H25NO2. The van der Waals surface area contributed by atoms with Crippen molar-refractivity contribution in [2.45, 2.75) is 58.0 Å². The summed E-state index contributed by atoms with van der Waals surface area (Å²) in [5.41, 5.74) is 1.22. The van der Waals surface area contributed by atoms with Gasteiger partial charge in [-0.15, -0.1) is 0 Å². The highest BCUT2D eigenvalue weighted by molar-refractivity contribution is 5.48. The van der Waals surface area contributed by atoms with Gasteiger partial charge in [0.05, 0.1) is 0 Å².